The van der Waals surface area contributed by atoms with E-state index in [1.54, 1.807) is 7.11 Å². The Morgan fingerprint density at radius 3 is 2.86 bits per heavy atom. The lowest BCUT2D eigenvalue weighted by Gasteiger charge is -2.37. The number of aromatic nitrogens is 2. The van der Waals surface area contributed by atoms with Crippen molar-refractivity contribution in [2.75, 3.05) is 26.8 Å². The van der Waals surface area contributed by atoms with Crippen LogP contribution in [-0.2, 0) is 16.0 Å². The van der Waals surface area contributed by atoms with Gasteiger partial charge in [-0.15, -0.1) is 0 Å². The van der Waals surface area contributed by atoms with E-state index in [2.05, 4.69) is 10.1 Å². The molecular formula is C16H25N3O3. The average molecular weight is 307 g/mol. The molecular weight excluding hydrogens is 282 g/mol. The minimum atomic E-state index is 0.208. The summed E-state index contributed by atoms with van der Waals surface area (Å²) in [5.74, 6) is 2.61. The monoisotopic (exact) mass is 307 g/mol. The average Bonchev–Trinajstić information content (AvgIpc) is 3.13. The van der Waals surface area contributed by atoms with E-state index >= 15 is 0 Å². The maximum Gasteiger partial charge on any atom is 0.233 e. The number of carbonyl (C=O) groups is 1. The molecule has 1 aliphatic heterocycles. The zero-order valence-corrected chi connectivity index (χ0v) is 13.3. The maximum absolute atomic E-state index is 12.1. The van der Waals surface area contributed by atoms with Gasteiger partial charge in [-0.05, 0) is 12.3 Å². The van der Waals surface area contributed by atoms with Gasteiger partial charge in [0.15, 0.2) is 5.82 Å². The summed E-state index contributed by atoms with van der Waals surface area (Å²) in [4.78, 5) is 18.4. The lowest BCUT2D eigenvalue weighted by atomic mass is 9.97. The van der Waals surface area contributed by atoms with E-state index in [0.717, 1.165) is 25.4 Å². The van der Waals surface area contributed by atoms with Crippen molar-refractivity contribution in [3.05, 3.63) is 11.7 Å². The molecule has 1 saturated heterocycles. The van der Waals surface area contributed by atoms with E-state index in [0.29, 0.717) is 31.2 Å². The molecule has 6 nitrogen and oxygen atoms in total. The van der Waals surface area contributed by atoms with Gasteiger partial charge in [0.2, 0.25) is 11.8 Å². The van der Waals surface area contributed by atoms with E-state index in [9.17, 15) is 4.79 Å². The predicted molar refractivity (Wildman–Crippen MR) is 80.4 cm³/mol. The predicted octanol–water partition coefficient (Wildman–Crippen LogP) is 2.15. The number of ether oxygens (including phenoxy) is 1. The number of likely N-dealkylation sites (tertiary alicyclic amines) is 1. The van der Waals surface area contributed by atoms with E-state index in [1.165, 1.54) is 25.7 Å². The fraction of sp³-hybridized carbons (Fsp3) is 0.812. The van der Waals surface area contributed by atoms with Gasteiger partial charge in [-0.3, -0.25) is 4.79 Å². The molecule has 6 heteroatoms. The van der Waals surface area contributed by atoms with Gasteiger partial charge in [0.05, 0.1) is 12.5 Å². The molecule has 0 spiro atoms. The summed E-state index contributed by atoms with van der Waals surface area (Å²) in [5.41, 5.74) is 0. The molecule has 0 bridgehead atoms. The first-order valence-corrected chi connectivity index (χ1v) is 8.35. The van der Waals surface area contributed by atoms with Gasteiger partial charge in [0.1, 0.15) is 0 Å². The lowest BCUT2D eigenvalue weighted by Crippen LogP contribution is -2.48. The molecule has 2 heterocycles. The molecule has 0 N–H and O–H groups in total. The molecule has 0 radical (unpaired) electrons. The molecule has 0 aromatic carbocycles. The van der Waals surface area contributed by atoms with Gasteiger partial charge in [-0.2, -0.15) is 4.98 Å². The van der Waals surface area contributed by atoms with Crippen LogP contribution in [0.1, 0.15) is 56.2 Å². The van der Waals surface area contributed by atoms with Gasteiger partial charge in [0, 0.05) is 33.0 Å². The maximum atomic E-state index is 12.1. The Kier molecular flexibility index (Phi) is 5.08. The van der Waals surface area contributed by atoms with Gasteiger partial charge < -0.3 is 14.2 Å². The van der Waals surface area contributed by atoms with Crippen molar-refractivity contribution in [3.63, 3.8) is 0 Å². The van der Waals surface area contributed by atoms with Crippen LogP contribution in [0.25, 0.3) is 0 Å². The second-order valence-corrected chi connectivity index (χ2v) is 6.48. The van der Waals surface area contributed by atoms with Gasteiger partial charge >= 0.3 is 0 Å². The number of methoxy groups -OCH3 is 1. The standard InChI is InChI=1S/C16H25N3O3/c1-21-9-8-14-17-16(22-18-14)13-10-19(11-13)15(20)7-6-12-4-2-3-5-12/h12-13H,2-11H2,1H3. The van der Waals surface area contributed by atoms with Crippen molar-refractivity contribution >= 4 is 5.91 Å². The highest BCUT2D eigenvalue weighted by Gasteiger charge is 2.35. The lowest BCUT2D eigenvalue weighted by molar-refractivity contribution is -0.136. The Morgan fingerprint density at radius 2 is 2.14 bits per heavy atom. The number of amides is 1. The second-order valence-electron chi connectivity index (χ2n) is 6.48. The van der Waals surface area contributed by atoms with E-state index in [1.807, 2.05) is 4.90 Å². The number of hydrogen-bond donors (Lipinski definition) is 0. The Hall–Kier alpha value is -1.43. The third kappa shape index (κ3) is 3.66. The molecule has 0 unspecified atom stereocenters. The summed E-state index contributed by atoms with van der Waals surface area (Å²) < 4.78 is 10.3. The molecule has 0 atom stereocenters. The smallest absolute Gasteiger partial charge is 0.233 e. The zero-order valence-electron chi connectivity index (χ0n) is 13.3. The molecule has 1 saturated carbocycles. The summed E-state index contributed by atoms with van der Waals surface area (Å²) in [6.07, 6.45) is 7.71. The summed E-state index contributed by atoms with van der Waals surface area (Å²) in [7, 11) is 1.65. The van der Waals surface area contributed by atoms with E-state index < -0.39 is 0 Å². The molecule has 1 aromatic heterocycles. The molecule has 1 aliphatic carbocycles. The largest absolute Gasteiger partial charge is 0.384 e. The first-order chi connectivity index (χ1) is 10.8. The van der Waals surface area contributed by atoms with Crippen LogP contribution in [-0.4, -0.2) is 47.8 Å². The normalized spacial score (nSPS) is 19.6. The van der Waals surface area contributed by atoms with Crippen LogP contribution in [0.2, 0.25) is 0 Å². The minimum absolute atomic E-state index is 0.208. The Labute approximate surface area is 131 Å². The molecule has 2 fully saturated rings. The highest BCUT2D eigenvalue weighted by Crippen LogP contribution is 2.30. The minimum Gasteiger partial charge on any atom is -0.384 e. The van der Waals surface area contributed by atoms with Crippen LogP contribution in [0, 0.1) is 5.92 Å². The zero-order chi connectivity index (χ0) is 15.4. The van der Waals surface area contributed by atoms with Crippen molar-refractivity contribution in [2.45, 2.75) is 50.9 Å². The first-order valence-electron chi connectivity index (χ1n) is 8.35. The topological polar surface area (TPSA) is 68.5 Å². The highest BCUT2D eigenvalue weighted by molar-refractivity contribution is 5.77. The third-order valence-corrected chi connectivity index (χ3v) is 4.84. The number of hydrogen-bond acceptors (Lipinski definition) is 5. The quantitative estimate of drug-likeness (QED) is 0.772. The van der Waals surface area contributed by atoms with Crippen molar-refractivity contribution in [2.24, 2.45) is 5.92 Å². The van der Waals surface area contributed by atoms with E-state index in [-0.39, 0.29) is 11.8 Å². The Bertz CT molecular complexity index is 491. The highest BCUT2D eigenvalue weighted by atomic mass is 16.5. The summed E-state index contributed by atoms with van der Waals surface area (Å²) >= 11 is 0. The number of carbonyl (C=O) groups excluding carboxylic acids is 1. The van der Waals surface area contributed by atoms with Crippen molar-refractivity contribution in [3.8, 4) is 0 Å². The third-order valence-electron chi connectivity index (χ3n) is 4.84. The van der Waals surface area contributed by atoms with Crippen LogP contribution < -0.4 is 0 Å². The summed E-state index contributed by atoms with van der Waals surface area (Å²) in [5, 5.41) is 3.95. The second kappa shape index (κ2) is 7.22. The van der Waals surface area contributed by atoms with Crippen molar-refractivity contribution in [1.82, 2.24) is 15.0 Å². The first kappa shape index (κ1) is 15.5. The fourth-order valence-corrected chi connectivity index (χ4v) is 3.35. The van der Waals surface area contributed by atoms with Gasteiger partial charge in [0.25, 0.3) is 0 Å². The van der Waals surface area contributed by atoms with Crippen LogP contribution in [0.5, 0.6) is 0 Å². The van der Waals surface area contributed by atoms with Crippen LogP contribution in [0.4, 0.5) is 0 Å². The SMILES string of the molecule is COCCc1noc(C2CN(C(=O)CCC3CCCC3)C2)n1. The Balaban J connectivity index is 1.39. The van der Waals surface area contributed by atoms with Crippen LogP contribution >= 0.6 is 0 Å². The van der Waals surface area contributed by atoms with Crippen molar-refractivity contribution in [1.29, 1.82) is 0 Å². The molecule has 1 aromatic rings. The number of rotatable bonds is 7. The van der Waals surface area contributed by atoms with E-state index in [4.69, 9.17) is 9.26 Å². The molecule has 22 heavy (non-hydrogen) atoms. The van der Waals surface area contributed by atoms with Crippen molar-refractivity contribution < 1.29 is 14.1 Å². The Morgan fingerprint density at radius 1 is 1.36 bits per heavy atom. The van der Waals surface area contributed by atoms with Crippen LogP contribution in [0.3, 0.4) is 0 Å². The molecule has 1 amide bonds. The van der Waals surface area contributed by atoms with Gasteiger partial charge in [-0.25, -0.2) is 0 Å². The van der Waals surface area contributed by atoms with Crippen LogP contribution in [0.15, 0.2) is 4.52 Å². The summed E-state index contributed by atoms with van der Waals surface area (Å²) in [6, 6.07) is 0. The molecule has 122 valence electrons. The molecule has 3 rings (SSSR count). The molecule has 2 aliphatic rings. The number of nitrogens with zero attached hydrogens (tertiary/aromatic N) is 3. The summed E-state index contributed by atoms with van der Waals surface area (Å²) in [6.45, 7) is 2.03. The van der Waals surface area contributed by atoms with Gasteiger partial charge in [-0.1, -0.05) is 30.8 Å². The fourth-order valence-electron chi connectivity index (χ4n) is 3.35.